The Balaban J connectivity index is 1.90. The average molecular weight is 389 g/mol. The predicted molar refractivity (Wildman–Crippen MR) is 101 cm³/mol. The van der Waals surface area contributed by atoms with Crippen molar-refractivity contribution in [2.75, 3.05) is 16.2 Å². The minimum atomic E-state index is -3.99. The van der Waals surface area contributed by atoms with Gasteiger partial charge in [0.1, 0.15) is 0 Å². The third-order valence-corrected chi connectivity index (χ3v) is 6.01. The molecule has 0 radical (unpaired) electrons. The molecule has 2 aromatic rings. The quantitative estimate of drug-likeness (QED) is 0.624. The third-order valence-electron chi connectivity index (χ3n) is 4.49. The van der Waals surface area contributed by atoms with Crippen molar-refractivity contribution in [3.05, 3.63) is 57.6 Å². The number of nitrogens with one attached hydrogen (secondary N) is 1. The maximum atomic E-state index is 12.7. The van der Waals surface area contributed by atoms with Crippen LogP contribution in [0.1, 0.15) is 24.0 Å². The van der Waals surface area contributed by atoms with E-state index in [0.29, 0.717) is 24.2 Å². The number of amides is 1. The van der Waals surface area contributed by atoms with Gasteiger partial charge in [0.05, 0.1) is 9.82 Å². The van der Waals surface area contributed by atoms with Crippen LogP contribution in [0.15, 0.2) is 41.3 Å². The highest BCUT2D eigenvalue weighted by atomic mass is 32.2. The first-order chi connectivity index (χ1) is 12.7. The number of non-ortho nitro benzene ring substituents is 1. The van der Waals surface area contributed by atoms with Crippen LogP contribution < -0.4 is 9.62 Å². The van der Waals surface area contributed by atoms with E-state index < -0.39 is 14.9 Å². The number of anilines is 2. The minimum Gasteiger partial charge on any atom is -0.312 e. The number of nitrogens with zero attached hydrogens (tertiary/aromatic N) is 2. The number of hydrogen-bond acceptors (Lipinski definition) is 5. The van der Waals surface area contributed by atoms with Gasteiger partial charge >= 0.3 is 0 Å². The Kier molecular flexibility index (Phi) is 4.88. The van der Waals surface area contributed by atoms with Crippen molar-refractivity contribution in [1.29, 1.82) is 0 Å². The van der Waals surface area contributed by atoms with E-state index in [0.717, 1.165) is 23.7 Å². The van der Waals surface area contributed by atoms with E-state index in [1.807, 2.05) is 0 Å². The van der Waals surface area contributed by atoms with Crippen LogP contribution >= 0.6 is 0 Å². The van der Waals surface area contributed by atoms with Gasteiger partial charge in [-0.2, -0.15) is 0 Å². The van der Waals surface area contributed by atoms with Gasteiger partial charge < -0.3 is 4.90 Å². The molecule has 1 N–H and O–H groups in total. The molecule has 3 rings (SSSR count). The molecule has 1 heterocycles. The predicted octanol–water partition coefficient (Wildman–Crippen LogP) is 3.14. The van der Waals surface area contributed by atoms with Gasteiger partial charge in [0.2, 0.25) is 5.91 Å². The number of hydrogen-bond donors (Lipinski definition) is 1. The highest BCUT2D eigenvalue weighted by Crippen LogP contribution is 2.29. The number of nitro groups is 1. The molecule has 0 saturated carbocycles. The van der Waals surface area contributed by atoms with E-state index >= 15 is 0 Å². The summed E-state index contributed by atoms with van der Waals surface area (Å²) in [6.45, 7) is 4.03. The van der Waals surface area contributed by atoms with E-state index in [-0.39, 0.29) is 16.5 Å². The summed E-state index contributed by atoms with van der Waals surface area (Å²) in [5.74, 6) is 0.0543. The standard InChI is InChI=1S/C18H19N3O5S/c1-12-5-7-15(21(23)24)11-17(12)27(25,26)19-14-6-8-16(13(2)10-14)20-9-3-4-18(20)22/h5-8,10-11,19H,3-4,9H2,1-2H3. The first-order valence-corrected chi connectivity index (χ1v) is 9.86. The number of aryl methyl sites for hydroxylation is 2. The van der Waals surface area contributed by atoms with Crippen molar-refractivity contribution in [2.45, 2.75) is 31.6 Å². The number of rotatable bonds is 5. The molecule has 0 aliphatic carbocycles. The maximum Gasteiger partial charge on any atom is 0.270 e. The van der Waals surface area contributed by atoms with Crippen LogP contribution in [0, 0.1) is 24.0 Å². The molecule has 2 aromatic carbocycles. The summed E-state index contributed by atoms with van der Waals surface area (Å²) >= 11 is 0. The summed E-state index contributed by atoms with van der Waals surface area (Å²) in [5, 5.41) is 10.9. The fraction of sp³-hybridized carbons (Fsp3) is 0.278. The first kappa shape index (κ1) is 18.8. The third kappa shape index (κ3) is 3.77. The van der Waals surface area contributed by atoms with Gasteiger partial charge in [-0.15, -0.1) is 0 Å². The molecule has 0 unspecified atom stereocenters. The summed E-state index contributed by atoms with van der Waals surface area (Å²) in [4.78, 5) is 23.8. The topological polar surface area (TPSA) is 110 Å². The lowest BCUT2D eigenvalue weighted by molar-refractivity contribution is -0.385. The van der Waals surface area contributed by atoms with Crippen LogP contribution in [0.3, 0.4) is 0 Å². The Labute approximate surface area is 157 Å². The van der Waals surface area contributed by atoms with E-state index in [1.54, 1.807) is 36.9 Å². The molecule has 142 valence electrons. The Morgan fingerprint density at radius 3 is 2.44 bits per heavy atom. The molecule has 8 nitrogen and oxygen atoms in total. The van der Waals surface area contributed by atoms with E-state index in [2.05, 4.69) is 4.72 Å². The highest BCUT2D eigenvalue weighted by Gasteiger charge is 2.24. The second-order valence-electron chi connectivity index (χ2n) is 6.46. The lowest BCUT2D eigenvalue weighted by Crippen LogP contribution is -2.24. The van der Waals surface area contributed by atoms with Gasteiger partial charge in [-0.25, -0.2) is 8.42 Å². The normalized spacial score (nSPS) is 14.4. The average Bonchev–Trinajstić information content (AvgIpc) is 3.00. The molecule has 1 saturated heterocycles. The molecule has 0 aromatic heterocycles. The number of sulfonamides is 1. The van der Waals surface area contributed by atoms with E-state index in [4.69, 9.17) is 0 Å². The zero-order valence-corrected chi connectivity index (χ0v) is 15.7. The molecule has 0 spiro atoms. The lowest BCUT2D eigenvalue weighted by Gasteiger charge is -2.19. The van der Waals surface area contributed by atoms with Crippen LogP contribution in [0.2, 0.25) is 0 Å². The van der Waals surface area contributed by atoms with Crippen LogP contribution in [-0.2, 0) is 14.8 Å². The first-order valence-electron chi connectivity index (χ1n) is 8.38. The zero-order chi connectivity index (χ0) is 19.8. The number of benzene rings is 2. The monoisotopic (exact) mass is 389 g/mol. The lowest BCUT2D eigenvalue weighted by atomic mass is 10.1. The van der Waals surface area contributed by atoms with Gasteiger partial charge in [0, 0.05) is 36.5 Å². The van der Waals surface area contributed by atoms with Crippen molar-refractivity contribution in [2.24, 2.45) is 0 Å². The van der Waals surface area contributed by atoms with Gasteiger partial charge in [-0.3, -0.25) is 19.6 Å². The summed E-state index contributed by atoms with van der Waals surface area (Å²) in [6, 6.07) is 8.64. The van der Waals surface area contributed by atoms with Crippen LogP contribution in [0.5, 0.6) is 0 Å². The Morgan fingerprint density at radius 2 is 1.85 bits per heavy atom. The largest absolute Gasteiger partial charge is 0.312 e. The Morgan fingerprint density at radius 1 is 1.11 bits per heavy atom. The van der Waals surface area contributed by atoms with Crippen LogP contribution in [-0.4, -0.2) is 25.8 Å². The molecule has 27 heavy (non-hydrogen) atoms. The minimum absolute atomic E-state index is 0.0543. The molecule has 1 amide bonds. The molecule has 1 fully saturated rings. The molecule has 0 atom stereocenters. The summed E-state index contributed by atoms with van der Waals surface area (Å²) < 4.78 is 27.9. The van der Waals surface area contributed by atoms with Crippen molar-refractivity contribution < 1.29 is 18.1 Å². The Bertz CT molecular complexity index is 1030. The van der Waals surface area contributed by atoms with Crippen molar-refractivity contribution in [1.82, 2.24) is 0 Å². The second-order valence-corrected chi connectivity index (χ2v) is 8.11. The van der Waals surface area contributed by atoms with Crippen molar-refractivity contribution in [3.8, 4) is 0 Å². The summed E-state index contributed by atoms with van der Waals surface area (Å²) in [6.07, 6.45) is 1.32. The smallest absolute Gasteiger partial charge is 0.270 e. The number of nitro benzene ring substituents is 1. The molecule has 0 bridgehead atoms. The second kappa shape index (κ2) is 6.99. The van der Waals surface area contributed by atoms with Gasteiger partial charge in [0.15, 0.2) is 0 Å². The van der Waals surface area contributed by atoms with Crippen LogP contribution in [0.25, 0.3) is 0 Å². The molecular weight excluding hydrogens is 370 g/mol. The summed E-state index contributed by atoms with van der Waals surface area (Å²) in [7, 11) is -3.99. The van der Waals surface area contributed by atoms with Crippen molar-refractivity contribution >= 4 is 33.0 Å². The molecular formula is C18H19N3O5S. The maximum absolute atomic E-state index is 12.7. The summed E-state index contributed by atoms with van der Waals surface area (Å²) in [5.41, 5.74) is 1.96. The van der Waals surface area contributed by atoms with E-state index in [9.17, 15) is 23.3 Å². The van der Waals surface area contributed by atoms with Gasteiger partial charge in [-0.05, 0) is 49.6 Å². The zero-order valence-electron chi connectivity index (χ0n) is 14.9. The molecule has 9 heteroatoms. The fourth-order valence-electron chi connectivity index (χ4n) is 3.13. The Hall–Kier alpha value is -2.94. The van der Waals surface area contributed by atoms with Crippen LogP contribution in [0.4, 0.5) is 17.1 Å². The highest BCUT2D eigenvalue weighted by molar-refractivity contribution is 7.92. The number of carbonyl (C=O) groups excluding carboxylic acids is 1. The molecule has 1 aliphatic heterocycles. The van der Waals surface area contributed by atoms with Gasteiger partial charge in [-0.1, -0.05) is 6.07 Å². The fourth-order valence-corrected chi connectivity index (χ4v) is 4.44. The molecule has 1 aliphatic rings. The SMILES string of the molecule is Cc1cc(NS(=O)(=O)c2cc([N+](=O)[O-])ccc2C)ccc1N1CCCC1=O. The van der Waals surface area contributed by atoms with Gasteiger partial charge in [0.25, 0.3) is 15.7 Å². The van der Waals surface area contributed by atoms with Crippen molar-refractivity contribution in [3.63, 3.8) is 0 Å². The number of carbonyl (C=O) groups is 1. The van der Waals surface area contributed by atoms with E-state index in [1.165, 1.54) is 12.1 Å².